The van der Waals surface area contributed by atoms with Crippen molar-refractivity contribution in [2.45, 2.75) is 12.8 Å². The molecule has 0 saturated carbocycles. The number of nitrogens with two attached hydrogens (primary N) is 1. The van der Waals surface area contributed by atoms with E-state index in [0.717, 1.165) is 25.9 Å². The molecule has 82 valence electrons. The van der Waals surface area contributed by atoms with Crippen molar-refractivity contribution in [3.8, 4) is 0 Å². The molecule has 5 heteroatoms. The molecular formula is C10H16N4O. The molecule has 1 fully saturated rings. The van der Waals surface area contributed by atoms with Gasteiger partial charge in [-0.15, -0.1) is 0 Å². The van der Waals surface area contributed by atoms with Crippen LogP contribution in [0, 0.1) is 5.92 Å². The summed E-state index contributed by atoms with van der Waals surface area (Å²) < 4.78 is 0. The van der Waals surface area contributed by atoms with Crippen molar-refractivity contribution in [2.75, 3.05) is 19.6 Å². The van der Waals surface area contributed by atoms with Gasteiger partial charge in [0.15, 0.2) is 0 Å². The standard InChI is InChI=1S/C10H16N4O/c11-4-8-2-1-3-14(6-8)10(15)9-5-12-7-13-9/h5,7-8H,1-4,6,11H2,(H,12,13)/t8-/m1/s1. The number of aromatic amines is 1. The molecule has 3 N–H and O–H groups in total. The van der Waals surface area contributed by atoms with Crippen LogP contribution in [0.4, 0.5) is 0 Å². The van der Waals surface area contributed by atoms with E-state index in [1.165, 1.54) is 6.33 Å². The second-order valence-corrected chi connectivity index (χ2v) is 3.96. The first-order valence-corrected chi connectivity index (χ1v) is 5.29. The lowest BCUT2D eigenvalue weighted by Crippen LogP contribution is -2.42. The molecule has 1 aromatic rings. The van der Waals surface area contributed by atoms with Crippen LogP contribution in [0.5, 0.6) is 0 Å². The molecule has 0 bridgehead atoms. The fourth-order valence-corrected chi connectivity index (χ4v) is 1.99. The Kier molecular flexibility index (Phi) is 3.01. The van der Waals surface area contributed by atoms with Crippen molar-refractivity contribution >= 4 is 5.91 Å². The van der Waals surface area contributed by atoms with Gasteiger partial charge in [0.1, 0.15) is 5.69 Å². The predicted molar refractivity (Wildman–Crippen MR) is 56.3 cm³/mol. The van der Waals surface area contributed by atoms with Gasteiger partial charge in [-0.2, -0.15) is 0 Å². The van der Waals surface area contributed by atoms with Crippen LogP contribution in [-0.2, 0) is 0 Å². The normalized spacial score (nSPS) is 21.7. The molecule has 5 nitrogen and oxygen atoms in total. The largest absolute Gasteiger partial charge is 0.341 e. The maximum atomic E-state index is 11.9. The van der Waals surface area contributed by atoms with Crippen LogP contribution in [0.1, 0.15) is 23.3 Å². The summed E-state index contributed by atoms with van der Waals surface area (Å²) in [6.45, 7) is 2.26. The van der Waals surface area contributed by atoms with Crippen LogP contribution < -0.4 is 5.73 Å². The first kappa shape index (κ1) is 10.2. The molecular weight excluding hydrogens is 192 g/mol. The lowest BCUT2D eigenvalue weighted by molar-refractivity contribution is 0.0673. The summed E-state index contributed by atoms with van der Waals surface area (Å²) in [5, 5.41) is 0. The molecule has 0 spiro atoms. The van der Waals surface area contributed by atoms with Gasteiger partial charge in [-0.05, 0) is 25.3 Å². The Bertz CT molecular complexity index is 322. The van der Waals surface area contributed by atoms with E-state index in [1.807, 2.05) is 4.90 Å². The number of imidazole rings is 1. The van der Waals surface area contributed by atoms with Gasteiger partial charge in [-0.25, -0.2) is 4.98 Å². The van der Waals surface area contributed by atoms with E-state index in [-0.39, 0.29) is 5.91 Å². The smallest absolute Gasteiger partial charge is 0.271 e. The molecule has 1 aliphatic rings. The van der Waals surface area contributed by atoms with Gasteiger partial charge < -0.3 is 15.6 Å². The minimum absolute atomic E-state index is 0.0330. The number of carbonyl (C=O) groups is 1. The van der Waals surface area contributed by atoms with Crippen LogP contribution in [0.2, 0.25) is 0 Å². The lowest BCUT2D eigenvalue weighted by Gasteiger charge is -2.31. The Morgan fingerprint density at radius 1 is 1.73 bits per heavy atom. The van der Waals surface area contributed by atoms with E-state index in [4.69, 9.17) is 5.73 Å². The summed E-state index contributed by atoms with van der Waals surface area (Å²) in [4.78, 5) is 20.5. The summed E-state index contributed by atoms with van der Waals surface area (Å²) >= 11 is 0. The number of hydrogen-bond acceptors (Lipinski definition) is 3. The maximum Gasteiger partial charge on any atom is 0.271 e. The summed E-state index contributed by atoms with van der Waals surface area (Å²) in [6.07, 6.45) is 5.26. The van der Waals surface area contributed by atoms with Crippen LogP contribution in [0.3, 0.4) is 0 Å². The molecule has 0 aromatic carbocycles. The third kappa shape index (κ3) is 2.18. The highest BCUT2D eigenvalue weighted by atomic mass is 16.2. The molecule has 1 atom stereocenters. The van der Waals surface area contributed by atoms with E-state index in [2.05, 4.69) is 9.97 Å². The fraction of sp³-hybridized carbons (Fsp3) is 0.600. The van der Waals surface area contributed by atoms with E-state index in [1.54, 1.807) is 6.20 Å². The molecule has 0 unspecified atom stereocenters. The number of H-pyrrole nitrogens is 1. The third-order valence-electron chi connectivity index (χ3n) is 2.87. The Morgan fingerprint density at radius 2 is 2.60 bits per heavy atom. The number of nitrogens with one attached hydrogen (secondary N) is 1. The fourth-order valence-electron chi connectivity index (χ4n) is 1.99. The molecule has 1 aliphatic heterocycles. The average Bonchev–Trinajstić information content (AvgIpc) is 2.81. The number of piperidine rings is 1. The minimum Gasteiger partial charge on any atom is -0.341 e. The molecule has 1 saturated heterocycles. The van der Waals surface area contributed by atoms with Crippen LogP contribution in [0.15, 0.2) is 12.5 Å². The molecule has 15 heavy (non-hydrogen) atoms. The third-order valence-corrected chi connectivity index (χ3v) is 2.87. The summed E-state index contributed by atoms with van der Waals surface area (Å²) in [5.74, 6) is 0.483. The van der Waals surface area contributed by atoms with Crippen LogP contribution >= 0.6 is 0 Å². The first-order chi connectivity index (χ1) is 7.31. The van der Waals surface area contributed by atoms with Crippen molar-refractivity contribution in [1.82, 2.24) is 14.9 Å². The highest BCUT2D eigenvalue weighted by molar-refractivity contribution is 5.92. The summed E-state index contributed by atoms with van der Waals surface area (Å²) in [6, 6.07) is 0. The number of hydrogen-bond donors (Lipinski definition) is 2. The maximum absolute atomic E-state index is 11.9. The van der Waals surface area contributed by atoms with E-state index < -0.39 is 0 Å². The molecule has 2 rings (SSSR count). The Balaban J connectivity index is 2.01. The topological polar surface area (TPSA) is 75.0 Å². The van der Waals surface area contributed by atoms with Gasteiger partial charge >= 0.3 is 0 Å². The van der Waals surface area contributed by atoms with Crippen LogP contribution in [0.25, 0.3) is 0 Å². The molecule has 1 aromatic heterocycles. The van der Waals surface area contributed by atoms with Crippen molar-refractivity contribution in [1.29, 1.82) is 0 Å². The monoisotopic (exact) mass is 208 g/mol. The van der Waals surface area contributed by atoms with Crippen molar-refractivity contribution in [3.63, 3.8) is 0 Å². The second kappa shape index (κ2) is 4.44. The summed E-state index contributed by atoms with van der Waals surface area (Å²) in [5.41, 5.74) is 6.19. The average molecular weight is 208 g/mol. The zero-order valence-electron chi connectivity index (χ0n) is 8.65. The molecule has 0 radical (unpaired) electrons. The van der Waals surface area contributed by atoms with Crippen molar-refractivity contribution in [3.05, 3.63) is 18.2 Å². The highest BCUT2D eigenvalue weighted by Gasteiger charge is 2.24. The Labute approximate surface area is 88.7 Å². The molecule has 2 heterocycles. The highest BCUT2D eigenvalue weighted by Crippen LogP contribution is 2.16. The quantitative estimate of drug-likeness (QED) is 0.730. The first-order valence-electron chi connectivity index (χ1n) is 5.29. The van der Waals surface area contributed by atoms with Gasteiger partial charge in [0.2, 0.25) is 0 Å². The minimum atomic E-state index is 0.0330. The zero-order chi connectivity index (χ0) is 10.7. The number of amides is 1. The predicted octanol–water partition coefficient (Wildman–Crippen LogP) is 0.221. The Hall–Kier alpha value is -1.36. The van der Waals surface area contributed by atoms with E-state index in [0.29, 0.717) is 18.2 Å². The second-order valence-electron chi connectivity index (χ2n) is 3.96. The number of rotatable bonds is 2. The van der Waals surface area contributed by atoms with Gasteiger partial charge in [0, 0.05) is 13.1 Å². The lowest BCUT2D eigenvalue weighted by atomic mass is 9.98. The Morgan fingerprint density at radius 3 is 3.27 bits per heavy atom. The number of carbonyl (C=O) groups excluding carboxylic acids is 1. The van der Waals surface area contributed by atoms with Gasteiger partial charge in [-0.1, -0.05) is 0 Å². The number of likely N-dealkylation sites (tertiary alicyclic amines) is 1. The van der Waals surface area contributed by atoms with Gasteiger partial charge in [0.05, 0.1) is 12.5 Å². The SMILES string of the molecule is NC[C@H]1CCCN(C(=O)c2cnc[nH]2)C1. The van der Waals surface area contributed by atoms with Crippen molar-refractivity contribution < 1.29 is 4.79 Å². The zero-order valence-corrected chi connectivity index (χ0v) is 8.65. The van der Waals surface area contributed by atoms with Crippen LogP contribution in [-0.4, -0.2) is 40.4 Å². The number of nitrogens with zero attached hydrogens (tertiary/aromatic N) is 2. The summed E-state index contributed by atoms with van der Waals surface area (Å²) in [7, 11) is 0. The van der Waals surface area contributed by atoms with E-state index in [9.17, 15) is 4.79 Å². The molecule has 1 amide bonds. The van der Waals surface area contributed by atoms with Crippen molar-refractivity contribution in [2.24, 2.45) is 11.7 Å². The van der Waals surface area contributed by atoms with E-state index >= 15 is 0 Å². The van der Waals surface area contributed by atoms with Gasteiger partial charge in [0.25, 0.3) is 5.91 Å². The van der Waals surface area contributed by atoms with Gasteiger partial charge in [-0.3, -0.25) is 4.79 Å². The number of aromatic nitrogens is 2. The molecule has 0 aliphatic carbocycles.